The van der Waals surface area contributed by atoms with E-state index in [2.05, 4.69) is 17.4 Å². The first-order valence-corrected chi connectivity index (χ1v) is 9.48. The number of fused-ring (bicyclic) bond motifs is 1. The van der Waals surface area contributed by atoms with Crippen LogP contribution in [0.2, 0.25) is 0 Å². The zero-order chi connectivity index (χ0) is 18.9. The topological polar surface area (TPSA) is 69.6 Å². The molecule has 2 aromatic rings. The fraction of sp³-hybridized carbons (Fsp3) is 0.364. The molecule has 1 amide bonds. The van der Waals surface area contributed by atoms with Crippen LogP contribution < -0.4 is 5.32 Å². The lowest BCUT2D eigenvalue weighted by molar-refractivity contribution is -0.149. The summed E-state index contributed by atoms with van der Waals surface area (Å²) >= 11 is 0. The van der Waals surface area contributed by atoms with E-state index >= 15 is 0 Å². The zero-order valence-corrected chi connectivity index (χ0v) is 16.5. The van der Waals surface area contributed by atoms with Gasteiger partial charge in [0.25, 0.3) is 0 Å². The second-order valence-electron chi connectivity index (χ2n) is 7.71. The number of carbonyl (C=O) groups is 2. The maximum absolute atomic E-state index is 12.4. The Hall–Kier alpha value is -2.37. The van der Waals surface area contributed by atoms with Crippen molar-refractivity contribution in [2.45, 2.75) is 19.3 Å². The Kier molecular flexibility index (Phi) is 6.06. The van der Waals surface area contributed by atoms with Crippen molar-refractivity contribution in [1.29, 1.82) is 0 Å². The van der Waals surface area contributed by atoms with Crippen molar-refractivity contribution in [3.63, 3.8) is 0 Å². The largest absolute Gasteiger partial charge is 0.481 e. The lowest BCUT2D eigenvalue weighted by Crippen LogP contribution is -2.37. The first-order chi connectivity index (χ1) is 13.1. The van der Waals surface area contributed by atoms with Crippen molar-refractivity contribution in [3.8, 4) is 11.1 Å². The van der Waals surface area contributed by atoms with E-state index in [0.717, 1.165) is 36.1 Å². The lowest BCUT2D eigenvalue weighted by Gasteiger charge is -2.23. The van der Waals surface area contributed by atoms with Crippen LogP contribution in [0.25, 0.3) is 11.1 Å². The van der Waals surface area contributed by atoms with Crippen LogP contribution in [0, 0.1) is 11.3 Å². The van der Waals surface area contributed by atoms with Crippen LogP contribution in [0.15, 0.2) is 54.6 Å². The van der Waals surface area contributed by atoms with E-state index in [1.54, 1.807) is 0 Å². The molecule has 0 aromatic heterocycles. The fourth-order valence-electron chi connectivity index (χ4n) is 4.64. The summed E-state index contributed by atoms with van der Waals surface area (Å²) in [4.78, 5) is 26.2. The number of hydrogen-bond donors (Lipinski definition) is 2. The Morgan fingerprint density at radius 2 is 1.75 bits per heavy atom. The van der Waals surface area contributed by atoms with Gasteiger partial charge in [-0.05, 0) is 42.0 Å². The molecule has 0 radical (unpaired) electrons. The quantitative estimate of drug-likeness (QED) is 0.798. The van der Waals surface area contributed by atoms with Crippen molar-refractivity contribution in [3.05, 3.63) is 54.6 Å². The number of carbonyl (C=O) groups excluding carboxylic acids is 1. The Bertz CT molecular complexity index is 841. The van der Waals surface area contributed by atoms with E-state index in [0.29, 0.717) is 13.1 Å². The van der Waals surface area contributed by atoms with Gasteiger partial charge in [0.05, 0.1) is 12.0 Å². The van der Waals surface area contributed by atoms with E-state index in [1.807, 2.05) is 47.4 Å². The molecule has 2 fully saturated rings. The van der Waals surface area contributed by atoms with Gasteiger partial charge < -0.3 is 10.4 Å². The van der Waals surface area contributed by atoms with Crippen molar-refractivity contribution < 1.29 is 14.7 Å². The number of likely N-dealkylation sites (tertiary alicyclic amines) is 1. The van der Waals surface area contributed by atoms with Gasteiger partial charge in [-0.2, -0.15) is 0 Å². The predicted molar refractivity (Wildman–Crippen MR) is 112 cm³/mol. The second-order valence-corrected chi connectivity index (χ2v) is 7.71. The third-order valence-electron chi connectivity index (χ3n) is 6.01. The number of aliphatic carboxylic acids is 1. The molecule has 2 aromatic carbocycles. The van der Waals surface area contributed by atoms with E-state index in [4.69, 9.17) is 0 Å². The Morgan fingerprint density at radius 3 is 2.39 bits per heavy atom. The normalized spacial score (nSPS) is 23.6. The molecular formula is C22H25ClN2O3. The molecule has 2 atom stereocenters. The summed E-state index contributed by atoms with van der Waals surface area (Å²) in [5.74, 6) is -0.625. The Labute approximate surface area is 171 Å². The van der Waals surface area contributed by atoms with Crippen molar-refractivity contribution >= 4 is 30.0 Å². The van der Waals surface area contributed by atoms with Gasteiger partial charge in [0.1, 0.15) is 0 Å². The number of anilines is 1. The molecule has 28 heavy (non-hydrogen) atoms. The minimum atomic E-state index is -0.704. The van der Waals surface area contributed by atoms with Crippen LogP contribution in [0.4, 0.5) is 5.69 Å². The molecule has 1 heterocycles. The third kappa shape index (κ3) is 3.91. The molecule has 1 saturated carbocycles. The van der Waals surface area contributed by atoms with Crippen LogP contribution >= 0.6 is 12.4 Å². The molecule has 5 nitrogen and oxygen atoms in total. The standard InChI is InChI=1S/C22H24N2O3.ClH/c25-20(14-24-13-18-7-4-12-22(18,15-24)21(26)27)23-19-10-8-17(9-11-19)16-5-2-1-3-6-16;/h1-3,5-6,8-11,18H,4,7,12-15H2,(H,23,25)(H,26,27);1H/t18-,22+;/m0./s1. The van der Waals surface area contributed by atoms with E-state index < -0.39 is 11.4 Å². The van der Waals surface area contributed by atoms with Crippen LogP contribution in [0.5, 0.6) is 0 Å². The molecule has 0 unspecified atom stereocenters. The van der Waals surface area contributed by atoms with Gasteiger partial charge in [-0.15, -0.1) is 12.4 Å². The van der Waals surface area contributed by atoms with Gasteiger partial charge in [-0.3, -0.25) is 14.5 Å². The third-order valence-corrected chi connectivity index (χ3v) is 6.01. The summed E-state index contributed by atoms with van der Waals surface area (Å²) in [6, 6.07) is 17.9. The Balaban J connectivity index is 0.00000225. The maximum Gasteiger partial charge on any atom is 0.311 e. The highest BCUT2D eigenvalue weighted by Crippen LogP contribution is 2.48. The predicted octanol–water partition coefficient (Wildman–Crippen LogP) is 3.90. The highest BCUT2D eigenvalue weighted by molar-refractivity contribution is 5.92. The molecule has 4 rings (SSSR count). The monoisotopic (exact) mass is 400 g/mol. The molecule has 6 heteroatoms. The fourth-order valence-corrected chi connectivity index (χ4v) is 4.64. The number of benzene rings is 2. The summed E-state index contributed by atoms with van der Waals surface area (Å²) < 4.78 is 0. The first-order valence-electron chi connectivity index (χ1n) is 9.48. The number of rotatable bonds is 5. The molecule has 1 saturated heterocycles. The second kappa shape index (κ2) is 8.33. The van der Waals surface area contributed by atoms with Crippen LogP contribution in [0.1, 0.15) is 19.3 Å². The number of carboxylic acids is 1. The maximum atomic E-state index is 12.4. The van der Waals surface area contributed by atoms with Gasteiger partial charge in [-0.1, -0.05) is 48.9 Å². The molecule has 1 aliphatic heterocycles. The summed E-state index contributed by atoms with van der Waals surface area (Å²) in [5.41, 5.74) is 2.35. The molecule has 2 aliphatic rings. The highest BCUT2D eigenvalue weighted by atomic mass is 35.5. The summed E-state index contributed by atoms with van der Waals surface area (Å²) in [6.07, 6.45) is 2.65. The summed E-state index contributed by atoms with van der Waals surface area (Å²) in [5, 5.41) is 12.6. The van der Waals surface area contributed by atoms with Crippen molar-refractivity contribution in [2.75, 3.05) is 25.0 Å². The van der Waals surface area contributed by atoms with Gasteiger partial charge in [0.15, 0.2) is 0 Å². The van der Waals surface area contributed by atoms with Gasteiger partial charge >= 0.3 is 5.97 Å². The molecule has 0 bridgehead atoms. The summed E-state index contributed by atoms with van der Waals surface area (Å²) in [6.45, 7) is 1.42. The lowest BCUT2D eigenvalue weighted by atomic mass is 9.81. The van der Waals surface area contributed by atoms with Crippen LogP contribution in [-0.2, 0) is 9.59 Å². The van der Waals surface area contributed by atoms with Crippen LogP contribution in [-0.4, -0.2) is 41.5 Å². The number of halogens is 1. The van der Waals surface area contributed by atoms with Crippen LogP contribution in [0.3, 0.4) is 0 Å². The van der Waals surface area contributed by atoms with E-state index in [9.17, 15) is 14.7 Å². The Morgan fingerprint density at radius 1 is 1.07 bits per heavy atom. The number of hydrogen-bond acceptors (Lipinski definition) is 3. The number of nitrogens with zero attached hydrogens (tertiary/aromatic N) is 1. The number of nitrogens with one attached hydrogen (secondary N) is 1. The molecule has 2 N–H and O–H groups in total. The summed E-state index contributed by atoms with van der Waals surface area (Å²) in [7, 11) is 0. The smallest absolute Gasteiger partial charge is 0.311 e. The average Bonchev–Trinajstić information content (AvgIpc) is 3.21. The minimum absolute atomic E-state index is 0. The SMILES string of the molecule is Cl.O=C(CN1C[C@@H]2CCC[C@@]2(C(=O)O)C1)Nc1ccc(-c2ccccc2)cc1. The molecule has 0 spiro atoms. The minimum Gasteiger partial charge on any atom is -0.481 e. The molecule has 1 aliphatic carbocycles. The average molecular weight is 401 g/mol. The molecule has 148 valence electrons. The van der Waals surface area contributed by atoms with Gasteiger partial charge in [0, 0.05) is 18.8 Å². The highest BCUT2D eigenvalue weighted by Gasteiger charge is 2.54. The van der Waals surface area contributed by atoms with Crippen molar-refractivity contribution in [1.82, 2.24) is 4.90 Å². The number of carboxylic acid groups (broad SMARTS) is 1. The van der Waals surface area contributed by atoms with E-state index in [-0.39, 0.29) is 30.8 Å². The first kappa shape index (κ1) is 20.4. The number of amides is 1. The van der Waals surface area contributed by atoms with Gasteiger partial charge in [-0.25, -0.2) is 0 Å². The molecular weight excluding hydrogens is 376 g/mol. The van der Waals surface area contributed by atoms with Gasteiger partial charge in [0.2, 0.25) is 5.91 Å². The zero-order valence-electron chi connectivity index (χ0n) is 15.6. The van der Waals surface area contributed by atoms with E-state index in [1.165, 1.54) is 0 Å². The van der Waals surface area contributed by atoms with Crippen molar-refractivity contribution in [2.24, 2.45) is 11.3 Å².